The quantitative estimate of drug-likeness (QED) is 0.780. The maximum atomic E-state index is 13.1. The zero-order chi connectivity index (χ0) is 17.6. The fourth-order valence-electron chi connectivity index (χ4n) is 3.11. The second kappa shape index (κ2) is 9.92. The van der Waals surface area contributed by atoms with E-state index in [2.05, 4.69) is 0 Å². The van der Waals surface area contributed by atoms with Gasteiger partial charge in [0, 0.05) is 23.5 Å². The van der Waals surface area contributed by atoms with Crippen molar-refractivity contribution in [2.75, 3.05) is 13.7 Å². The summed E-state index contributed by atoms with van der Waals surface area (Å²) in [4.78, 5) is 16.1. The fourth-order valence-corrected chi connectivity index (χ4v) is 3.83. The van der Waals surface area contributed by atoms with Crippen LogP contribution in [0, 0.1) is 0 Å². The van der Waals surface area contributed by atoms with Crippen molar-refractivity contribution >= 4 is 29.7 Å². The highest BCUT2D eigenvalue weighted by molar-refractivity contribution is 7.09. The standard InChI is InChI=1S/C19H24N2O3S.ClH/c1-23-17-7-3-2-5-14(17)12-21(13-16-6-4-10-25-16)19(22)18-9-8-15(11-20)24-18;/h2-7,10,15,18H,8-9,11-13,20H2,1H3;1H/t15-,18+;/m1./s1. The average Bonchev–Trinajstić information content (AvgIpc) is 3.32. The summed E-state index contributed by atoms with van der Waals surface area (Å²) in [6.07, 6.45) is 1.16. The van der Waals surface area contributed by atoms with E-state index >= 15 is 0 Å². The van der Waals surface area contributed by atoms with Gasteiger partial charge in [0.25, 0.3) is 5.91 Å². The number of rotatable bonds is 7. The summed E-state index contributed by atoms with van der Waals surface area (Å²) >= 11 is 1.65. The van der Waals surface area contributed by atoms with Crippen LogP contribution in [0.1, 0.15) is 23.3 Å². The number of halogens is 1. The molecule has 0 radical (unpaired) electrons. The van der Waals surface area contributed by atoms with Crippen molar-refractivity contribution in [2.24, 2.45) is 5.73 Å². The molecule has 2 atom stereocenters. The van der Waals surface area contributed by atoms with Crippen LogP contribution in [0.15, 0.2) is 41.8 Å². The first-order valence-electron chi connectivity index (χ1n) is 8.50. The van der Waals surface area contributed by atoms with Crippen LogP contribution in [-0.4, -0.2) is 36.7 Å². The molecule has 1 aliphatic heterocycles. The summed E-state index contributed by atoms with van der Waals surface area (Å²) in [5.74, 6) is 0.814. The lowest BCUT2D eigenvalue weighted by Crippen LogP contribution is -2.38. The van der Waals surface area contributed by atoms with Gasteiger partial charge in [0.2, 0.25) is 0 Å². The zero-order valence-electron chi connectivity index (χ0n) is 14.8. The van der Waals surface area contributed by atoms with Crippen LogP contribution < -0.4 is 10.5 Å². The first-order valence-corrected chi connectivity index (χ1v) is 9.37. The Morgan fingerprint density at radius 1 is 1.27 bits per heavy atom. The van der Waals surface area contributed by atoms with Gasteiger partial charge in [-0.15, -0.1) is 23.7 Å². The van der Waals surface area contributed by atoms with Crippen LogP contribution in [0.5, 0.6) is 5.75 Å². The third kappa shape index (κ3) is 4.98. The summed E-state index contributed by atoms with van der Waals surface area (Å²) in [7, 11) is 1.65. The molecule has 2 aromatic rings. The Kier molecular flexibility index (Phi) is 7.90. The number of carbonyl (C=O) groups is 1. The third-order valence-electron chi connectivity index (χ3n) is 4.44. The summed E-state index contributed by atoms with van der Waals surface area (Å²) in [6.45, 7) is 1.52. The molecule has 0 spiro atoms. The van der Waals surface area contributed by atoms with Crippen molar-refractivity contribution in [1.29, 1.82) is 0 Å². The number of nitrogens with two attached hydrogens (primary N) is 1. The molecule has 1 aromatic carbocycles. The second-order valence-electron chi connectivity index (χ2n) is 6.15. The first kappa shape index (κ1) is 20.7. The highest BCUT2D eigenvalue weighted by atomic mass is 35.5. The predicted molar refractivity (Wildman–Crippen MR) is 106 cm³/mol. The molecule has 1 saturated heterocycles. The molecule has 1 aliphatic rings. The summed E-state index contributed by atoms with van der Waals surface area (Å²) in [5.41, 5.74) is 6.67. The number of hydrogen-bond donors (Lipinski definition) is 1. The highest BCUT2D eigenvalue weighted by Crippen LogP contribution is 2.25. The van der Waals surface area contributed by atoms with Crippen LogP contribution in [0.3, 0.4) is 0 Å². The molecule has 1 amide bonds. The summed E-state index contributed by atoms with van der Waals surface area (Å²) < 4.78 is 11.3. The van der Waals surface area contributed by atoms with E-state index in [9.17, 15) is 4.79 Å². The molecule has 2 heterocycles. The molecule has 5 nitrogen and oxygen atoms in total. The molecule has 7 heteroatoms. The summed E-state index contributed by atoms with van der Waals surface area (Å²) in [6, 6.07) is 11.8. The van der Waals surface area contributed by atoms with E-state index in [1.807, 2.05) is 46.7 Å². The fraction of sp³-hybridized carbons (Fsp3) is 0.421. The number of amides is 1. The Hall–Kier alpha value is -1.60. The smallest absolute Gasteiger partial charge is 0.252 e. The average molecular weight is 397 g/mol. The number of para-hydroxylation sites is 1. The molecule has 2 N–H and O–H groups in total. The molecule has 26 heavy (non-hydrogen) atoms. The number of benzene rings is 1. The Morgan fingerprint density at radius 3 is 2.73 bits per heavy atom. The van der Waals surface area contributed by atoms with E-state index in [0.29, 0.717) is 19.6 Å². The third-order valence-corrected chi connectivity index (χ3v) is 5.30. The maximum absolute atomic E-state index is 13.1. The van der Waals surface area contributed by atoms with Crippen LogP contribution >= 0.6 is 23.7 Å². The Balaban J connectivity index is 0.00000243. The molecule has 0 aliphatic carbocycles. The molecule has 0 bridgehead atoms. The number of hydrogen-bond acceptors (Lipinski definition) is 5. The van der Waals surface area contributed by atoms with Gasteiger partial charge in [0.15, 0.2) is 0 Å². The van der Waals surface area contributed by atoms with E-state index in [-0.39, 0.29) is 24.4 Å². The highest BCUT2D eigenvalue weighted by Gasteiger charge is 2.33. The number of nitrogens with zero attached hydrogens (tertiary/aromatic N) is 1. The molecule has 0 unspecified atom stereocenters. The van der Waals surface area contributed by atoms with Crippen LogP contribution in [0.25, 0.3) is 0 Å². The largest absolute Gasteiger partial charge is 0.496 e. The van der Waals surface area contributed by atoms with Gasteiger partial charge in [-0.25, -0.2) is 0 Å². The predicted octanol–water partition coefficient (Wildman–Crippen LogP) is 3.21. The van der Waals surface area contributed by atoms with Gasteiger partial charge in [-0.2, -0.15) is 0 Å². The van der Waals surface area contributed by atoms with E-state index < -0.39 is 6.10 Å². The number of methoxy groups -OCH3 is 1. The van der Waals surface area contributed by atoms with Crippen molar-refractivity contribution in [2.45, 2.75) is 38.1 Å². The monoisotopic (exact) mass is 396 g/mol. The lowest BCUT2D eigenvalue weighted by Gasteiger charge is -2.26. The lowest BCUT2D eigenvalue weighted by atomic mass is 10.1. The first-order chi connectivity index (χ1) is 12.2. The maximum Gasteiger partial charge on any atom is 0.252 e. The minimum Gasteiger partial charge on any atom is -0.496 e. The van der Waals surface area contributed by atoms with Gasteiger partial charge in [0.05, 0.1) is 19.8 Å². The topological polar surface area (TPSA) is 64.8 Å². The van der Waals surface area contributed by atoms with Gasteiger partial charge in [-0.05, 0) is 30.4 Å². The number of carbonyl (C=O) groups excluding carboxylic acids is 1. The van der Waals surface area contributed by atoms with Crippen molar-refractivity contribution in [1.82, 2.24) is 4.90 Å². The number of ether oxygens (including phenoxy) is 2. The minimum absolute atomic E-state index is 0. The van der Waals surface area contributed by atoms with Gasteiger partial charge in [-0.1, -0.05) is 24.3 Å². The minimum atomic E-state index is -0.400. The normalized spacial score (nSPS) is 19.0. The molecule has 142 valence electrons. The van der Waals surface area contributed by atoms with E-state index in [4.69, 9.17) is 15.2 Å². The molecule has 1 fully saturated rings. The summed E-state index contributed by atoms with van der Waals surface area (Å²) in [5, 5.41) is 2.03. The zero-order valence-corrected chi connectivity index (χ0v) is 16.4. The van der Waals surface area contributed by atoms with Crippen LogP contribution in [0.4, 0.5) is 0 Å². The van der Waals surface area contributed by atoms with Crippen molar-refractivity contribution in [3.63, 3.8) is 0 Å². The Morgan fingerprint density at radius 2 is 2.08 bits per heavy atom. The molecule has 1 aromatic heterocycles. The molecular formula is C19H25ClN2O3S. The Labute approximate surface area is 164 Å². The second-order valence-corrected chi connectivity index (χ2v) is 7.18. The van der Waals surface area contributed by atoms with E-state index in [1.54, 1.807) is 18.4 Å². The van der Waals surface area contributed by atoms with Gasteiger partial charge >= 0.3 is 0 Å². The van der Waals surface area contributed by atoms with Gasteiger partial charge < -0.3 is 20.1 Å². The Bertz CT molecular complexity index is 696. The van der Waals surface area contributed by atoms with Crippen molar-refractivity contribution in [3.05, 3.63) is 52.2 Å². The number of thiophene rings is 1. The SMILES string of the molecule is COc1ccccc1CN(Cc1cccs1)C(=O)[C@@H]1CC[C@H](CN)O1.Cl. The van der Waals surface area contributed by atoms with Crippen molar-refractivity contribution in [3.8, 4) is 5.75 Å². The van der Waals surface area contributed by atoms with Crippen molar-refractivity contribution < 1.29 is 14.3 Å². The molecular weight excluding hydrogens is 372 g/mol. The van der Waals surface area contributed by atoms with Gasteiger partial charge in [0.1, 0.15) is 11.9 Å². The molecule has 3 rings (SSSR count). The van der Waals surface area contributed by atoms with Crippen LogP contribution in [0.2, 0.25) is 0 Å². The van der Waals surface area contributed by atoms with Crippen LogP contribution in [-0.2, 0) is 22.6 Å². The van der Waals surface area contributed by atoms with E-state index in [0.717, 1.165) is 29.0 Å². The van der Waals surface area contributed by atoms with E-state index in [1.165, 1.54) is 0 Å². The van der Waals surface area contributed by atoms with Gasteiger partial charge in [-0.3, -0.25) is 4.79 Å². The molecule has 0 saturated carbocycles. The lowest BCUT2D eigenvalue weighted by molar-refractivity contribution is -0.144.